The van der Waals surface area contributed by atoms with Crippen LogP contribution in [0.1, 0.15) is 272 Å². The number of phosphoric acid groups is 2. The molecule has 0 aliphatic rings. The molecule has 0 rings (SSSR count). The van der Waals surface area contributed by atoms with Gasteiger partial charge in [0.15, 0.2) is 12.2 Å². The summed E-state index contributed by atoms with van der Waals surface area (Å²) in [6.07, 6.45) is 90.5. The first-order valence-electron chi connectivity index (χ1n) is 39.0. The SMILES string of the molecule is CC/C=C\C/C=C\C/C=C\C/C=C\C/C=C\CCCC(=O)OCC(COP(=O)(O)OCC(O)COP(=O)(O)OCC(COC(=O)C/C=C\C/C=C\C/C=C\C/C=C\C/C=C\CC)OC(=O)CCCCCCC/C=C\C/C=C\CCCCC)OC(=O)CCCCCCCCC/C=C\C/C=C\C/C=C\CC. The Kier molecular flexibility index (Phi) is 71.2. The molecule has 19 heteroatoms. The fraction of sp³-hybridized carbons (Fsp3) is 0.600. The Hall–Kier alpha value is -5.84. The van der Waals surface area contributed by atoms with E-state index in [1.807, 2.05) is 30.4 Å². The van der Waals surface area contributed by atoms with Crippen molar-refractivity contribution in [1.29, 1.82) is 0 Å². The number of phosphoric ester groups is 2. The number of hydrogen-bond donors (Lipinski definition) is 3. The largest absolute Gasteiger partial charge is 0.472 e. The molecule has 0 heterocycles. The normalized spacial score (nSPS) is 14.9. The lowest BCUT2D eigenvalue weighted by atomic mass is 10.1. The second-order valence-electron chi connectivity index (χ2n) is 25.2. The summed E-state index contributed by atoms with van der Waals surface area (Å²) in [7, 11) is -10.0. The fourth-order valence-corrected chi connectivity index (χ4v) is 11.1. The van der Waals surface area contributed by atoms with Gasteiger partial charge in [0.25, 0.3) is 0 Å². The van der Waals surface area contributed by atoms with E-state index in [0.717, 1.165) is 167 Å². The third-order valence-electron chi connectivity index (χ3n) is 15.4. The van der Waals surface area contributed by atoms with E-state index in [1.54, 1.807) is 6.08 Å². The first-order valence-corrected chi connectivity index (χ1v) is 42.0. The highest BCUT2D eigenvalue weighted by Gasteiger charge is 2.30. The van der Waals surface area contributed by atoms with E-state index in [9.17, 15) is 43.2 Å². The number of allylic oxidation sites excluding steroid dienone is 29. The molecule has 0 aromatic rings. The van der Waals surface area contributed by atoms with Gasteiger partial charge in [0, 0.05) is 19.3 Å². The summed E-state index contributed by atoms with van der Waals surface area (Å²) in [4.78, 5) is 72.9. The Balaban J connectivity index is 5.52. The molecule has 0 fully saturated rings. The zero-order valence-corrected chi connectivity index (χ0v) is 65.9. The van der Waals surface area contributed by atoms with Crippen molar-refractivity contribution >= 4 is 39.5 Å². The highest BCUT2D eigenvalue weighted by atomic mass is 31.2. The van der Waals surface area contributed by atoms with Crippen molar-refractivity contribution in [2.24, 2.45) is 0 Å². The maximum Gasteiger partial charge on any atom is 0.472 e. The minimum absolute atomic E-state index is 0.0517. The summed E-state index contributed by atoms with van der Waals surface area (Å²) in [5, 5.41) is 10.6. The third kappa shape index (κ3) is 74.4. The number of carbonyl (C=O) groups excluding carboxylic acids is 4. The van der Waals surface area contributed by atoms with Gasteiger partial charge in [0.05, 0.1) is 32.8 Å². The summed E-state index contributed by atoms with van der Waals surface area (Å²) in [5.41, 5.74) is 0. The number of ether oxygens (including phenoxy) is 4. The first kappa shape index (κ1) is 98.2. The number of aliphatic hydroxyl groups is 1. The van der Waals surface area contributed by atoms with Gasteiger partial charge in [-0.05, 0) is 154 Å². The van der Waals surface area contributed by atoms with Crippen molar-refractivity contribution in [2.75, 3.05) is 39.6 Å². The molecule has 0 aromatic carbocycles. The van der Waals surface area contributed by atoms with Crippen LogP contribution in [0, 0.1) is 0 Å². The molecule has 0 saturated carbocycles. The van der Waals surface area contributed by atoms with Gasteiger partial charge in [-0.1, -0.05) is 274 Å². The zero-order chi connectivity index (χ0) is 76.0. The fourth-order valence-electron chi connectivity index (χ4n) is 9.55. The smallest absolute Gasteiger partial charge is 0.462 e. The van der Waals surface area contributed by atoms with Crippen LogP contribution in [0.2, 0.25) is 0 Å². The minimum Gasteiger partial charge on any atom is -0.462 e. The van der Waals surface area contributed by atoms with Crippen molar-refractivity contribution in [3.05, 3.63) is 182 Å². The molecule has 0 aliphatic carbocycles. The molecular weight excluding hydrogens is 1350 g/mol. The second-order valence-corrected chi connectivity index (χ2v) is 28.1. The van der Waals surface area contributed by atoms with Gasteiger partial charge in [0.2, 0.25) is 0 Å². The van der Waals surface area contributed by atoms with Gasteiger partial charge >= 0.3 is 39.5 Å². The number of aliphatic hydroxyl groups excluding tert-OH is 1. The topological polar surface area (TPSA) is 237 Å². The molecule has 0 aliphatic heterocycles. The molecule has 5 unspecified atom stereocenters. The van der Waals surface area contributed by atoms with E-state index in [-0.39, 0.29) is 25.7 Å². The lowest BCUT2D eigenvalue weighted by molar-refractivity contribution is -0.161. The number of rotatable bonds is 71. The van der Waals surface area contributed by atoms with E-state index in [4.69, 9.17) is 37.0 Å². The first-order chi connectivity index (χ1) is 50.7. The van der Waals surface area contributed by atoms with Crippen LogP contribution in [-0.2, 0) is 65.4 Å². The molecule has 0 amide bonds. The van der Waals surface area contributed by atoms with Crippen LogP contribution in [-0.4, -0.2) is 96.7 Å². The lowest BCUT2D eigenvalue weighted by Crippen LogP contribution is -2.30. The summed E-state index contributed by atoms with van der Waals surface area (Å²) in [5.74, 6) is -2.43. The van der Waals surface area contributed by atoms with Crippen molar-refractivity contribution < 1.29 is 80.2 Å². The average Bonchev–Trinajstić information content (AvgIpc) is 0.926. The highest BCUT2D eigenvalue weighted by molar-refractivity contribution is 7.47. The number of unbranched alkanes of at least 4 members (excludes halogenated alkanes) is 16. The van der Waals surface area contributed by atoms with Gasteiger partial charge in [-0.25, -0.2) is 9.13 Å². The number of esters is 4. The molecule has 17 nitrogen and oxygen atoms in total. The van der Waals surface area contributed by atoms with Crippen molar-refractivity contribution in [3.63, 3.8) is 0 Å². The molecule has 3 N–H and O–H groups in total. The van der Waals surface area contributed by atoms with Crippen molar-refractivity contribution in [1.82, 2.24) is 0 Å². The van der Waals surface area contributed by atoms with Crippen LogP contribution in [0.25, 0.3) is 0 Å². The van der Waals surface area contributed by atoms with E-state index in [1.165, 1.54) is 19.3 Å². The standard InChI is InChI=1S/C85H136O17P2/c1-5-9-13-17-21-25-29-33-37-39-43-46-50-54-58-62-66-70-83(88)96-76-81(102-85(90)72-68-64-60-56-52-48-44-40-38-34-30-26-22-18-14-10-6-2)78-100-104(93,94)98-74-79(86)73-97-103(91,92)99-77-80(101-84(89)71-67-63-59-55-51-47-42-36-32-28-24-20-16-12-8-4)75-95-82(87)69-65-61-57-53-49-45-41-35-31-27-23-19-15-11-7-3/h9-11,13-15,21-28,33-38,41-43,46,49,53-54,58,61,65,79-81,86H,5-8,12,16-20,29-32,39-40,44-45,47-48,50-52,55-57,59-60,62-64,66-78H2,1-4H3,(H,91,92)(H,93,94)/b13-9-,14-10-,15-11-,25-21-,26-22-,27-23-,28-24-,37-33-,38-34-,41-35-,42-36-,46-43-,53-49-,58-54-,65-61-. The molecule has 0 spiro atoms. The maximum absolute atomic E-state index is 13.1. The summed E-state index contributed by atoms with van der Waals surface area (Å²) < 4.78 is 68.4. The van der Waals surface area contributed by atoms with Gasteiger partial charge in [-0.3, -0.25) is 37.3 Å². The Bertz CT molecular complexity index is 2690. The second kappa shape index (κ2) is 75.4. The molecular formula is C85H136O17P2. The Morgan fingerprint density at radius 1 is 0.288 bits per heavy atom. The van der Waals surface area contributed by atoms with E-state index in [2.05, 4.69) is 174 Å². The molecule has 0 bridgehead atoms. The molecule has 0 saturated heterocycles. The van der Waals surface area contributed by atoms with Crippen LogP contribution >= 0.6 is 15.6 Å². The van der Waals surface area contributed by atoms with Gasteiger partial charge in [-0.15, -0.1) is 0 Å². The maximum atomic E-state index is 13.1. The van der Waals surface area contributed by atoms with Crippen LogP contribution in [0.4, 0.5) is 0 Å². The van der Waals surface area contributed by atoms with Crippen molar-refractivity contribution in [3.8, 4) is 0 Å². The molecule has 588 valence electrons. The molecule has 0 aromatic heterocycles. The number of hydrogen-bond acceptors (Lipinski definition) is 15. The van der Waals surface area contributed by atoms with Gasteiger partial charge in [0.1, 0.15) is 19.3 Å². The van der Waals surface area contributed by atoms with Gasteiger partial charge in [-0.2, -0.15) is 0 Å². The van der Waals surface area contributed by atoms with Crippen LogP contribution < -0.4 is 0 Å². The minimum atomic E-state index is -5.01. The predicted octanol–water partition coefficient (Wildman–Crippen LogP) is 22.8. The molecule has 5 atom stereocenters. The van der Waals surface area contributed by atoms with Gasteiger partial charge < -0.3 is 33.8 Å². The quantitative estimate of drug-likeness (QED) is 0.0169. The Morgan fingerprint density at radius 3 is 0.885 bits per heavy atom. The summed E-state index contributed by atoms with van der Waals surface area (Å²) in [6, 6.07) is 0. The average molecular weight is 1490 g/mol. The predicted molar refractivity (Wildman–Crippen MR) is 426 cm³/mol. The highest BCUT2D eigenvalue weighted by Crippen LogP contribution is 2.45. The zero-order valence-electron chi connectivity index (χ0n) is 64.1. The Morgan fingerprint density at radius 2 is 0.548 bits per heavy atom. The lowest BCUT2D eigenvalue weighted by Gasteiger charge is -2.21. The van der Waals surface area contributed by atoms with Crippen LogP contribution in [0.15, 0.2) is 182 Å². The van der Waals surface area contributed by atoms with E-state index < -0.39 is 97.5 Å². The van der Waals surface area contributed by atoms with E-state index >= 15 is 0 Å². The summed E-state index contributed by atoms with van der Waals surface area (Å²) >= 11 is 0. The van der Waals surface area contributed by atoms with Crippen LogP contribution in [0.5, 0.6) is 0 Å². The number of carbonyl (C=O) groups is 4. The Labute approximate surface area is 628 Å². The monoisotopic (exact) mass is 1490 g/mol. The van der Waals surface area contributed by atoms with Crippen LogP contribution in [0.3, 0.4) is 0 Å². The van der Waals surface area contributed by atoms with E-state index in [0.29, 0.717) is 32.1 Å². The molecule has 0 radical (unpaired) electrons. The van der Waals surface area contributed by atoms with Crippen molar-refractivity contribution in [2.45, 2.75) is 290 Å². The summed E-state index contributed by atoms with van der Waals surface area (Å²) in [6.45, 7) is 4.28. The molecule has 104 heavy (non-hydrogen) atoms. The third-order valence-corrected chi connectivity index (χ3v) is 17.3.